The van der Waals surface area contributed by atoms with Gasteiger partial charge in [0, 0.05) is 0 Å². The van der Waals surface area contributed by atoms with Crippen LogP contribution >= 0.6 is 0 Å². The summed E-state index contributed by atoms with van der Waals surface area (Å²) in [5, 5.41) is 8.51. The lowest BCUT2D eigenvalue weighted by molar-refractivity contribution is -0.142. The molecule has 0 fully saturated rings. The Hall–Kier alpha value is -2.33. The van der Waals surface area contributed by atoms with Crippen molar-refractivity contribution in [1.29, 1.82) is 0 Å². The second kappa shape index (κ2) is 7.31. The van der Waals surface area contributed by atoms with Gasteiger partial charge in [-0.05, 0) is 23.3 Å². The molecule has 0 spiro atoms. The van der Waals surface area contributed by atoms with Crippen LogP contribution in [0.25, 0.3) is 0 Å². The van der Waals surface area contributed by atoms with E-state index in [1.54, 1.807) is 0 Å². The van der Waals surface area contributed by atoms with Gasteiger partial charge >= 0.3 is 5.97 Å². The van der Waals surface area contributed by atoms with Crippen LogP contribution in [0.3, 0.4) is 0 Å². The molecular formula is C16H16O4. The lowest BCUT2D eigenvalue weighted by Crippen LogP contribution is -2.06. The van der Waals surface area contributed by atoms with E-state index in [1.165, 1.54) is 0 Å². The van der Waals surface area contributed by atoms with Gasteiger partial charge in [-0.1, -0.05) is 42.5 Å². The molecule has 20 heavy (non-hydrogen) atoms. The predicted molar refractivity (Wildman–Crippen MR) is 74.5 cm³/mol. The second-order valence-corrected chi connectivity index (χ2v) is 4.31. The van der Waals surface area contributed by atoms with Crippen LogP contribution in [-0.2, 0) is 22.7 Å². The van der Waals surface area contributed by atoms with E-state index in [0.29, 0.717) is 6.61 Å². The fourth-order valence-corrected chi connectivity index (χ4v) is 1.72. The van der Waals surface area contributed by atoms with Crippen LogP contribution < -0.4 is 4.74 Å². The number of carboxylic acids is 1. The fourth-order valence-electron chi connectivity index (χ4n) is 1.72. The minimum Gasteiger partial charge on any atom is -0.489 e. The molecule has 0 heterocycles. The highest BCUT2D eigenvalue weighted by Crippen LogP contribution is 2.15. The maximum atomic E-state index is 10.4. The van der Waals surface area contributed by atoms with Crippen molar-refractivity contribution in [3.8, 4) is 5.75 Å². The standard InChI is InChI=1S/C16H16O4/c17-16(18)12-19-10-14-7-4-8-15(9-14)20-11-13-5-2-1-3-6-13/h1-9H,10-12H2,(H,17,18). The van der Waals surface area contributed by atoms with E-state index in [9.17, 15) is 4.79 Å². The third-order valence-electron chi connectivity index (χ3n) is 2.64. The van der Waals surface area contributed by atoms with Crippen molar-refractivity contribution in [2.24, 2.45) is 0 Å². The van der Waals surface area contributed by atoms with Gasteiger partial charge in [0.15, 0.2) is 0 Å². The van der Waals surface area contributed by atoms with Gasteiger partial charge in [-0.15, -0.1) is 0 Å². The molecule has 0 saturated carbocycles. The summed E-state index contributed by atoms with van der Waals surface area (Å²) in [6.07, 6.45) is 0. The summed E-state index contributed by atoms with van der Waals surface area (Å²) in [6.45, 7) is 0.463. The van der Waals surface area contributed by atoms with Crippen molar-refractivity contribution in [2.45, 2.75) is 13.2 Å². The zero-order chi connectivity index (χ0) is 14.2. The van der Waals surface area contributed by atoms with Crippen molar-refractivity contribution < 1.29 is 19.4 Å². The number of aliphatic carboxylic acids is 1. The van der Waals surface area contributed by atoms with E-state index in [-0.39, 0.29) is 13.2 Å². The number of benzene rings is 2. The van der Waals surface area contributed by atoms with Crippen LogP contribution in [0.2, 0.25) is 0 Å². The molecule has 0 atom stereocenters. The smallest absolute Gasteiger partial charge is 0.329 e. The van der Waals surface area contributed by atoms with Crippen LogP contribution in [0, 0.1) is 0 Å². The Morgan fingerprint density at radius 3 is 2.45 bits per heavy atom. The normalized spacial score (nSPS) is 10.2. The maximum Gasteiger partial charge on any atom is 0.329 e. The SMILES string of the molecule is O=C(O)COCc1cccc(OCc2ccccc2)c1. The summed E-state index contributed by atoms with van der Waals surface area (Å²) >= 11 is 0. The van der Waals surface area contributed by atoms with Crippen LogP contribution in [0.1, 0.15) is 11.1 Å². The van der Waals surface area contributed by atoms with E-state index in [2.05, 4.69) is 0 Å². The highest BCUT2D eigenvalue weighted by molar-refractivity contribution is 5.67. The Morgan fingerprint density at radius 2 is 1.70 bits per heavy atom. The fraction of sp³-hybridized carbons (Fsp3) is 0.188. The predicted octanol–water partition coefficient (Wildman–Crippen LogP) is 2.87. The third-order valence-corrected chi connectivity index (χ3v) is 2.64. The molecular weight excluding hydrogens is 256 g/mol. The first-order valence-electron chi connectivity index (χ1n) is 6.29. The Kier molecular flexibility index (Phi) is 5.15. The Balaban J connectivity index is 1.87. The molecule has 0 aliphatic rings. The molecule has 2 rings (SSSR count). The molecule has 1 N–H and O–H groups in total. The van der Waals surface area contributed by atoms with Gasteiger partial charge in [-0.3, -0.25) is 0 Å². The zero-order valence-electron chi connectivity index (χ0n) is 11.0. The third kappa shape index (κ3) is 4.74. The van der Waals surface area contributed by atoms with Gasteiger partial charge in [-0.25, -0.2) is 4.79 Å². The summed E-state index contributed by atoms with van der Waals surface area (Å²) in [7, 11) is 0. The Morgan fingerprint density at radius 1 is 0.950 bits per heavy atom. The zero-order valence-corrected chi connectivity index (χ0v) is 11.0. The van der Waals surface area contributed by atoms with Crippen molar-refractivity contribution >= 4 is 5.97 Å². The van der Waals surface area contributed by atoms with Crippen LogP contribution in [0.4, 0.5) is 0 Å². The summed E-state index contributed by atoms with van der Waals surface area (Å²) in [6, 6.07) is 17.3. The molecule has 104 valence electrons. The molecule has 0 aliphatic heterocycles. The van der Waals surface area contributed by atoms with Crippen molar-refractivity contribution in [1.82, 2.24) is 0 Å². The van der Waals surface area contributed by atoms with Crippen molar-refractivity contribution in [2.75, 3.05) is 6.61 Å². The molecule has 0 amide bonds. The van der Waals surface area contributed by atoms with E-state index < -0.39 is 5.97 Å². The van der Waals surface area contributed by atoms with E-state index in [4.69, 9.17) is 14.6 Å². The first-order valence-corrected chi connectivity index (χ1v) is 6.29. The average Bonchev–Trinajstić information content (AvgIpc) is 2.46. The second-order valence-electron chi connectivity index (χ2n) is 4.31. The molecule has 0 saturated heterocycles. The average molecular weight is 272 g/mol. The summed E-state index contributed by atoms with van der Waals surface area (Å²) in [5.74, 6) is -0.230. The summed E-state index contributed by atoms with van der Waals surface area (Å²) in [4.78, 5) is 10.4. The van der Waals surface area contributed by atoms with Crippen molar-refractivity contribution in [3.63, 3.8) is 0 Å². The minimum absolute atomic E-state index is 0.259. The highest BCUT2D eigenvalue weighted by Gasteiger charge is 2.00. The quantitative estimate of drug-likeness (QED) is 0.842. The topological polar surface area (TPSA) is 55.8 Å². The number of carboxylic acid groups (broad SMARTS) is 1. The molecule has 4 heteroatoms. The van der Waals surface area contributed by atoms with Gasteiger partial charge in [0.2, 0.25) is 0 Å². The van der Waals surface area contributed by atoms with Crippen LogP contribution in [-0.4, -0.2) is 17.7 Å². The van der Waals surface area contributed by atoms with E-state index in [1.807, 2.05) is 54.6 Å². The van der Waals surface area contributed by atoms with Gasteiger partial charge in [0.1, 0.15) is 19.0 Å². The molecule has 4 nitrogen and oxygen atoms in total. The first-order chi connectivity index (χ1) is 9.74. The molecule has 2 aromatic carbocycles. The molecule has 0 aliphatic carbocycles. The Labute approximate surface area is 117 Å². The number of hydrogen-bond acceptors (Lipinski definition) is 3. The van der Waals surface area contributed by atoms with E-state index in [0.717, 1.165) is 16.9 Å². The van der Waals surface area contributed by atoms with Gasteiger partial charge < -0.3 is 14.6 Å². The number of rotatable bonds is 7. The summed E-state index contributed by atoms with van der Waals surface area (Å²) < 4.78 is 10.7. The van der Waals surface area contributed by atoms with E-state index >= 15 is 0 Å². The molecule has 0 unspecified atom stereocenters. The number of ether oxygens (including phenoxy) is 2. The Bertz CT molecular complexity index is 551. The molecule has 0 radical (unpaired) electrons. The first kappa shape index (κ1) is 14.1. The number of hydrogen-bond donors (Lipinski definition) is 1. The van der Waals surface area contributed by atoms with Crippen LogP contribution in [0.15, 0.2) is 54.6 Å². The van der Waals surface area contributed by atoms with Crippen LogP contribution in [0.5, 0.6) is 5.75 Å². The maximum absolute atomic E-state index is 10.4. The van der Waals surface area contributed by atoms with Gasteiger partial charge in [0.25, 0.3) is 0 Å². The van der Waals surface area contributed by atoms with Crippen molar-refractivity contribution in [3.05, 3.63) is 65.7 Å². The largest absolute Gasteiger partial charge is 0.489 e. The monoisotopic (exact) mass is 272 g/mol. The lowest BCUT2D eigenvalue weighted by atomic mass is 10.2. The van der Waals surface area contributed by atoms with Gasteiger partial charge in [0.05, 0.1) is 6.61 Å². The molecule has 0 bridgehead atoms. The minimum atomic E-state index is -0.971. The highest BCUT2D eigenvalue weighted by atomic mass is 16.5. The van der Waals surface area contributed by atoms with Gasteiger partial charge in [-0.2, -0.15) is 0 Å². The molecule has 0 aromatic heterocycles. The number of carbonyl (C=O) groups is 1. The lowest BCUT2D eigenvalue weighted by Gasteiger charge is -2.08. The molecule has 2 aromatic rings. The summed E-state index contributed by atoms with van der Waals surface area (Å²) in [5.41, 5.74) is 1.98.